The van der Waals surface area contributed by atoms with E-state index in [1.807, 2.05) is 0 Å². The highest BCUT2D eigenvalue weighted by Crippen LogP contribution is 2.45. The Morgan fingerprint density at radius 1 is 1.22 bits per heavy atom. The molecule has 0 spiro atoms. The molecule has 0 saturated carbocycles. The van der Waals surface area contributed by atoms with Gasteiger partial charge in [0.1, 0.15) is 0 Å². The highest BCUT2D eigenvalue weighted by atomic mass is 16.5. The van der Waals surface area contributed by atoms with Gasteiger partial charge in [0.2, 0.25) is 0 Å². The number of rotatable bonds is 7. The normalized spacial score (nSPS) is 22.3. The number of hydrogen-bond acceptors (Lipinski definition) is 3. The topological polar surface area (TPSA) is 21.7 Å². The van der Waals surface area contributed by atoms with Gasteiger partial charge in [-0.3, -0.25) is 4.90 Å². The van der Waals surface area contributed by atoms with Gasteiger partial charge in [-0.15, -0.1) is 0 Å². The van der Waals surface area contributed by atoms with E-state index in [9.17, 15) is 0 Å². The third kappa shape index (κ3) is 4.34. The van der Waals surface area contributed by atoms with Crippen LogP contribution in [0, 0.1) is 11.8 Å². The van der Waals surface area contributed by atoms with E-state index < -0.39 is 0 Å². The molecular formula is C24H37NO2. The third-order valence-corrected chi connectivity index (χ3v) is 6.13. The molecule has 2 aliphatic heterocycles. The molecule has 0 radical (unpaired) electrons. The van der Waals surface area contributed by atoms with Gasteiger partial charge in [-0.1, -0.05) is 39.3 Å². The minimum atomic E-state index is 0.480. The fraction of sp³-hybridized carbons (Fsp3) is 0.667. The Labute approximate surface area is 165 Å². The van der Waals surface area contributed by atoms with Crippen molar-refractivity contribution in [1.29, 1.82) is 0 Å². The van der Waals surface area contributed by atoms with E-state index in [-0.39, 0.29) is 0 Å². The Morgan fingerprint density at radius 2 is 2.04 bits per heavy atom. The number of methoxy groups -OCH3 is 2. The van der Waals surface area contributed by atoms with Crippen molar-refractivity contribution in [2.45, 2.75) is 65.3 Å². The second-order valence-corrected chi connectivity index (χ2v) is 8.58. The molecule has 0 aliphatic carbocycles. The fourth-order valence-corrected chi connectivity index (χ4v) is 4.97. The van der Waals surface area contributed by atoms with Gasteiger partial charge in [-0.2, -0.15) is 0 Å². The van der Waals surface area contributed by atoms with Crippen LogP contribution in [0.25, 0.3) is 0 Å². The van der Waals surface area contributed by atoms with E-state index in [0.29, 0.717) is 12.0 Å². The number of nitrogens with zero attached hydrogens (tertiary/aromatic N) is 1. The summed E-state index contributed by atoms with van der Waals surface area (Å²) in [6.45, 7) is 9.26. The second kappa shape index (κ2) is 9.14. The molecule has 0 amide bonds. The maximum absolute atomic E-state index is 5.85. The summed E-state index contributed by atoms with van der Waals surface area (Å²) >= 11 is 0. The molecule has 3 rings (SSSR count). The van der Waals surface area contributed by atoms with Gasteiger partial charge < -0.3 is 9.47 Å². The van der Waals surface area contributed by atoms with Gasteiger partial charge in [-0.25, -0.2) is 0 Å². The SMILES string of the molecule is CCCCc1c(OC)c(OC)cc2c1C1CC=CC(CC(C)C)CN1CC2. The van der Waals surface area contributed by atoms with E-state index >= 15 is 0 Å². The van der Waals surface area contributed by atoms with E-state index in [1.54, 1.807) is 14.2 Å². The van der Waals surface area contributed by atoms with Crippen LogP contribution >= 0.6 is 0 Å². The Hall–Kier alpha value is -1.48. The predicted octanol–water partition coefficient (Wildman–Crippen LogP) is 5.57. The average molecular weight is 372 g/mol. The molecule has 2 aliphatic rings. The molecule has 27 heavy (non-hydrogen) atoms. The van der Waals surface area contributed by atoms with Gasteiger partial charge in [-0.05, 0) is 61.1 Å². The van der Waals surface area contributed by atoms with Crippen molar-refractivity contribution < 1.29 is 9.47 Å². The summed E-state index contributed by atoms with van der Waals surface area (Å²) in [7, 11) is 3.54. The lowest BCUT2D eigenvalue weighted by atomic mass is 9.84. The van der Waals surface area contributed by atoms with Crippen molar-refractivity contribution in [3.63, 3.8) is 0 Å². The van der Waals surface area contributed by atoms with Gasteiger partial charge in [0, 0.05) is 24.7 Å². The minimum Gasteiger partial charge on any atom is -0.493 e. The fourth-order valence-electron chi connectivity index (χ4n) is 4.97. The molecule has 2 unspecified atom stereocenters. The van der Waals surface area contributed by atoms with Crippen LogP contribution in [0.1, 0.15) is 69.2 Å². The Balaban J connectivity index is 2.00. The number of unbranched alkanes of at least 4 members (excludes halogenated alkanes) is 1. The van der Waals surface area contributed by atoms with E-state index in [0.717, 1.165) is 43.2 Å². The van der Waals surface area contributed by atoms with Crippen LogP contribution in [0.15, 0.2) is 18.2 Å². The van der Waals surface area contributed by atoms with Crippen LogP contribution in [0.3, 0.4) is 0 Å². The summed E-state index contributed by atoms with van der Waals surface area (Å²) in [5, 5.41) is 0. The highest BCUT2D eigenvalue weighted by Gasteiger charge is 2.33. The first-order chi connectivity index (χ1) is 13.1. The molecule has 0 saturated heterocycles. The number of benzene rings is 1. The first kappa shape index (κ1) is 20.3. The number of ether oxygens (including phenoxy) is 2. The molecule has 3 nitrogen and oxygen atoms in total. The molecule has 3 heteroatoms. The van der Waals surface area contributed by atoms with Crippen LogP contribution in [0.4, 0.5) is 0 Å². The van der Waals surface area contributed by atoms with Crippen LogP contribution in [0.2, 0.25) is 0 Å². The third-order valence-electron chi connectivity index (χ3n) is 6.13. The molecule has 2 atom stereocenters. The zero-order valence-electron chi connectivity index (χ0n) is 17.9. The van der Waals surface area contributed by atoms with Crippen molar-refractivity contribution in [1.82, 2.24) is 4.90 Å². The van der Waals surface area contributed by atoms with Crippen molar-refractivity contribution in [2.75, 3.05) is 27.3 Å². The summed E-state index contributed by atoms with van der Waals surface area (Å²) in [6, 6.07) is 2.72. The lowest BCUT2D eigenvalue weighted by molar-refractivity contribution is 0.166. The van der Waals surface area contributed by atoms with Gasteiger partial charge in [0.15, 0.2) is 11.5 Å². The molecule has 150 valence electrons. The molecule has 0 bridgehead atoms. The molecule has 1 aromatic rings. The Morgan fingerprint density at radius 3 is 2.70 bits per heavy atom. The lowest BCUT2D eigenvalue weighted by Crippen LogP contribution is -2.38. The molecule has 1 aromatic carbocycles. The van der Waals surface area contributed by atoms with E-state index in [1.165, 1.54) is 42.5 Å². The van der Waals surface area contributed by atoms with Crippen molar-refractivity contribution in [3.8, 4) is 11.5 Å². The van der Waals surface area contributed by atoms with Crippen LogP contribution in [0.5, 0.6) is 11.5 Å². The lowest BCUT2D eigenvalue weighted by Gasteiger charge is -2.39. The average Bonchev–Trinajstić information content (AvgIpc) is 2.86. The van der Waals surface area contributed by atoms with Crippen molar-refractivity contribution in [3.05, 3.63) is 34.9 Å². The maximum Gasteiger partial charge on any atom is 0.164 e. The maximum atomic E-state index is 5.85. The standard InChI is InChI=1S/C24H37NO2/c1-6-7-10-20-23-19(15-22(26-4)24(20)27-5)12-13-25-16-18(14-17(2)3)9-8-11-21(23)25/h8-9,15,17-18,21H,6-7,10-14,16H2,1-5H3. The first-order valence-corrected chi connectivity index (χ1v) is 10.8. The summed E-state index contributed by atoms with van der Waals surface area (Å²) in [4.78, 5) is 2.73. The number of hydrogen-bond donors (Lipinski definition) is 0. The molecule has 2 heterocycles. The zero-order valence-corrected chi connectivity index (χ0v) is 17.9. The summed E-state index contributed by atoms with van der Waals surface area (Å²) in [5.41, 5.74) is 4.39. The highest BCUT2D eigenvalue weighted by molar-refractivity contribution is 5.56. The predicted molar refractivity (Wildman–Crippen MR) is 113 cm³/mol. The summed E-state index contributed by atoms with van der Waals surface area (Å²) in [5.74, 6) is 3.28. The van der Waals surface area contributed by atoms with Gasteiger partial charge in [0.25, 0.3) is 0 Å². The largest absolute Gasteiger partial charge is 0.493 e. The van der Waals surface area contributed by atoms with E-state index in [4.69, 9.17) is 9.47 Å². The minimum absolute atomic E-state index is 0.480. The van der Waals surface area contributed by atoms with Gasteiger partial charge >= 0.3 is 0 Å². The molecular weight excluding hydrogens is 334 g/mol. The van der Waals surface area contributed by atoms with Crippen LogP contribution < -0.4 is 9.47 Å². The zero-order chi connectivity index (χ0) is 19.4. The van der Waals surface area contributed by atoms with Crippen LogP contribution in [-0.2, 0) is 12.8 Å². The quantitative estimate of drug-likeness (QED) is 0.585. The van der Waals surface area contributed by atoms with Crippen molar-refractivity contribution >= 4 is 0 Å². The van der Waals surface area contributed by atoms with E-state index in [2.05, 4.69) is 43.9 Å². The summed E-state index contributed by atoms with van der Waals surface area (Å²) < 4.78 is 11.5. The second-order valence-electron chi connectivity index (χ2n) is 8.58. The van der Waals surface area contributed by atoms with Crippen LogP contribution in [-0.4, -0.2) is 32.2 Å². The number of fused-ring (bicyclic) bond motifs is 3. The van der Waals surface area contributed by atoms with Crippen molar-refractivity contribution in [2.24, 2.45) is 11.8 Å². The van der Waals surface area contributed by atoms with Gasteiger partial charge in [0.05, 0.1) is 14.2 Å². The Kier molecular flexibility index (Phi) is 6.86. The summed E-state index contributed by atoms with van der Waals surface area (Å²) in [6.07, 6.45) is 11.9. The monoisotopic (exact) mass is 371 g/mol. The first-order valence-electron chi connectivity index (χ1n) is 10.8. The molecule has 0 fully saturated rings. The Bertz CT molecular complexity index is 665. The smallest absolute Gasteiger partial charge is 0.164 e. The molecule has 0 N–H and O–H groups in total. The molecule has 0 aromatic heterocycles.